The van der Waals surface area contributed by atoms with Crippen LogP contribution in [0.25, 0.3) is 0 Å². The molecule has 1 aromatic carbocycles. The van der Waals surface area contributed by atoms with Gasteiger partial charge in [-0.15, -0.1) is 0 Å². The van der Waals surface area contributed by atoms with E-state index in [0.29, 0.717) is 11.3 Å². The third-order valence-electron chi connectivity index (χ3n) is 4.00. The minimum absolute atomic E-state index is 0.367. The van der Waals surface area contributed by atoms with Gasteiger partial charge in [-0.05, 0) is 42.3 Å². The summed E-state index contributed by atoms with van der Waals surface area (Å²) in [6, 6.07) is 8.14. The number of nitrogen functional groups attached to an aromatic ring is 1. The maximum atomic E-state index is 5.92. The standard InChI is InChI=1S/C16H28N2/c1-13(2)16(3,4)12-18-11-7-9-14-8-5-6-10-15(14)17/h5-6,8,10,13,18H,7,9,11-12,17H2,1-4H3. The zero-order chi connectivity index (χ0) is 13.6. The largest absolute Gasteiger partial charge is 0.399 e. The molecule has 0 amide bonds. The fraction of sp³-hybridized carbons (Fsp3) is 0.625. The van der Waals surface area contributed by atoms with Crippen LogP contribution in [0.1, 0.15) is 39.7 Å². The fourth-order valence-electron chi connectivity index (χ4n) is 1.78. The van der Waals surface area contributed by atoms with Crippen molar-refractivity contribution in [3.05, 3.63) is 29.8 Å². The Labute approximate surface area is 112 Å². The molecule has 0 saturated heterocycles. The quantitative estimate of drug-likeness (QED) is 0.573. The van der Waals surface area contributed by atoms with Gasteiger partial charge in [0.2, 0.25) is 0 Å². The predicted octanol–water partition coefficient (Wildman–Crippen LogP) is 3.47. The molecule has 0 radical (unpaired) electrons. The maximum Gasteiger partial charge on any atom is 0.0346 e. The Morgan fingerprint density at radius 1 is 1.22 bits per heavy atom. The van der Waals surface area contributed by atoms with Gasteiger partial charge in [0.25, 0.3) is 0 Å². The summed E-state index contributed by atoms with van der Waals surface area (Å²) < 4.78 is 0. The van der Waals surface area contributed by atoms with Gasteiger partial charge in [0.1, 0.15) is 0 Å². The van der Waals surface area contributed by atoms with Crippen molar-refractivity contribution in [3.63, 3.8) is 0 Å². The van der Waals surface area contributed by atoms with E-state index in [1.165, 1.54) is 5.56 Å². The average molecular weight is 248 g/mol. The minimum Gasteiger partial charge on any atom is -0.399 e. The van der Waals surface area contributed by atoms with Crippen molar-refractivity contribution in [1.82, 2.24) is 5.32 Å². The summed E-state index contributed by atoms with van der Waals surface area (Å²) >= 11 is 0. The molecule has 1 aromatic rings. The van der Waals surface area contributed by atoms with Gasteiger partial charge in [0.05, 0.1) is 0 Å². The first-order chi connectivity index (χ1) is 8.43. The second-order valence-corrected chi connectivity index (χ2v) is 6.12. The summed E-state index contributed by atoms with van der Waals surface area (Å²) in [4.78, 5) is 0. The highest BCUT2D eigenvalue weighted by molar-refractivity contribution is 5.46. The molecule has 0 aliphatic carbocycles. The molecule has 0 bridgehead atoms. The molecule has 0 atom stereocenters. The number of nitrogens with two attached hydrogens (primary N) is 1. The van der Waals surface area contributed by atoms with Crippen molar-refractivity contribution in [2.75, 3.05) is 18.8 Å². The number of benzene rings is 1. The van der Waals surface area contributed by atoms with E-state index in [1.54, 1.807) is 0 Å². The van der Waals surface area contributed by atoms with Crippen molar-refractivity contribution in [2.45, 2.75) is 40.5 Å². The molecule has 0 spiro atoms. The number of nitrogens with one attached hydrogen (secondary N) is 1. The van der Waals surface area contributed by atoms with E-state index in [9.17, 15) is 0 Å². The van der Waals surface area contributed by atoms with Gasteiger partial charge < -0.3 is 11.1 Å². The Hall–Kier alpha value is -1.02. The molecule has 2 heteroatoms. The Balaban J connectivity index is 2.22. The van der Waals surface area contributed by atoms with Crippen LogP contribution >= 0.6 is 0 Å². The molecule has 0 fully saturated rings. The highest BCUT2D eigenvalue weighted by Gasteiger charge is 2.21. The molecule has 0 unspecified atom stereocenters. The van der Waals surface area contributed by atoms with Gasteiger partial charge in [0.15, 0.2) is 0 Å². The van der Waals surface area contributed by atoms with Crippen LogP contribution in [-0.4, -0.2) is 13.1 Å². The van der Waals surface area contributed by atoms with Crippen LogP contribution in [0, 0.1) is 11.3 Å². The van der Waals surface area contributed by atoms with E-state index in [-0.39, 0.29) is 0 Å². The van der Waals surface area contributed by atoms with Crippen LogP contribution in [0.5, 0.6) is 0 Å². The minimum atomic E-state index is 0.367. The normalized spacial score (nSPS) is 12.1. The highest BCUT2D eigenvalue weighted by atomic mass is 14.9. The third kappa shape index (κ3) is 4.69. The maximum absolute atomic E-state index is 5.92. The van der Waals surface area contributed by atoms with E-state index < -0.39 is 0 Å². The van der Waals surface area contributed by atoms with Crippen molar-refractivity contribution in [2.24, 2.45) is 11.3 Å². The molecular formula is C16H28N2. The van der Waals surface area contributed by atoms with Crippen molar-refractivity contribution >= 4 is 5.69 Å². The highest BCUT2D eigenvalue weighted by Crippen LogP contribution is 2.24. The Morgan fingerprint density at radius 2 is 1.89 bits per heavy atom. The Bertz CT molecular complexity index is 356. The van der Waals surface area contributed by atoms with E-state index in [1.807, 2.05) is 12.1 Å². The topological polar surface area (TPSA) is 38.0 Å². The fourth-order valence-corrected chi connectivity index (χ4v) is 1.78. The first-order valence-electron chi connectivity index (χ1n) is 6.97. The van der Waals surface area contributed by atoms with Crippen molar-refractivity contribution < 1.29 is 0 Å². The lowest BCUT2D eigenvalue weighted by Gasteiger charge is -2.29. The Morgan fingerprint density at radius 3 is 2.50 bits per heavy atom. The van der Waals surface area contributed by atoms with Gasteiger partial charge in [-0.25, -0.2) is 0 Å². The van der Waals surface area contributed by atoms with Crippen LogP contribution < -0.4 is 11.1 Å². The summed E-state index contributed by atoms with van der Waals surface area (Å²) in [6.45, 7) is 11.3. The zero-order valence-electron chi connectivity index (χ0n) is 12.3. The molecule has 0 aliphatic heterocycles. The van der Waals surface area contributed by atoms with Crippen LogP contribution in [0.2, 0.25) is 0 Å². The number of hydrogen-bond acceptors (Lipinski definition) is 2. The number of hydrogen-bond donors (Lipinski definition) is 2. The summed E-state index contributed by atoms with van der Waals surface area (Å²) in [5.41, 5.74) is 8.47. The summed E-state index contributed by atoms with van der Waals surface area (Å²) in [5.74, 6) is 0.703. The van der Waals surface area contributed by atoms with Gasteiger partial charge >= 0.3 is 0 Å². The predicted molar refractivity (Wildman–Crippen MR) is 80.7 cm³/mol. The van der Waals surface area contributed by atoms with Gasteiger partial charge in [-0.3, -0.25) is 0 Å². The lowest BCUT2D eigenvalue weighted by atomic mass is 9.81. The SMILES string of the molecule is CC(C)C(C)(C)CNCCCc1ccccc1N. The van der Waals surface area contributed by atoms with Gasteiger partial charge in [0, 0.05) is 12.2 Å². The number of para-hydroxylation sites is 1. The molecule has 0 aromatic heterocycles. The number of anilines is 1. The van der Waals surface area contributed by atoms with Gasteiger partial charge in [-0.1, -0.05) is 45.9 Å². The van der Waals surface area contributed by atoms with E-state index in [4.69, 9.17) is 5.73 Å². The monoisotopic (exact) mass is 248 g/mol. The van der Waals surface area contributed by atoms with E-state index in [0.717, 1.165) is 31.6 Å². The molecule has 1 rings (SSSR count). The summed E-state index contributed by atoms with van der Waals surface area (Å²) in [6.07, 6.45) is 2.20. The molecule has 0 heterocycles. The first-order valence-corrected chi connectivity index (χ1v) is 6.97. The molecule has 18 heavy (non-hydrogen) atoms. The molecule has 2 nitrogen and oxygen atoms in total. The van der Waals surface area contributed by atoms with Gasteiger partial charge in [-0.2, -0.15) is 0 Å². The summed E-state index contributed by atoms with van der Waals surface area (Å²) in [7, 11) is 0. The molecule has 102 valence electrons. The summed E-state index contributed by atoms with van der Waals surface area (Å²) in [5, 5.41) is 3.56. The third-order valence-corrected chi connectivity index (χ3v) is 4.00. The Kier molecular flexibility index (Phi) is 5.67. The zero-order valence-corrected chi connectivity index (χ0v) is 12.3. The second kappa shape index (κ2) is 6.79. The second-order valence-electron chi connectivity index (χ2n) is 6.12. The smallest absolute Gasteiger partial charge is 0.0346 e. The van der Waals surface area contributed by atoms with Crippen LogP contribution in [0.15, 0.2) is 24.3 Å². The average Bonchev–Trinajstić information content (AvgIpc) is 2.30. The molecular weight excluding hydrogens is 220 g/mol. The lowest BCUT2D eigenvalue weighted by molar-refractivity contribution is 0.238. The molecule has 3 N–H and O–H groups in total. The van der Waals surface area contributed by atoms with Crippen LogP contribution in [0.3, 0.4) is 0 Å². The van der Waals surface area contributed by atoms with Crippen LogP contribution in [-0.2, 0) is 6.42 Å². The van der Waals surface area contributed by atoms with E-state index >= 15 is 0 Å². The molecule has 0 saturated carbocycles. The van der Waals surface area contributed by atoms with Crippen molar-refractivity contribution in [3.8, 4) is 0 Å². The van der Waals surface area contributed by atoms with Crippen molar-refractivity contribution in [1.29, 1.82) is 0 Å². The van der Waals surface area contributed by atoms with E-state index in [2.05, 4.69) is 45.1 Å². The van der Waals surface area contributed by atoms with Crippen LogP contribution in [0.4, 0.5) is 5.69 Å². The number of aryl methyl sites for hydroxylation is 1. The number of rotatable bonds is 7. The molecule has 0 aliphatic rings. The first kappa shape index (κ1) is 15.0. The lowest BCUT2D eigenvalue weighted by Crippen LogP contribution is -2.34.